The Kier molecular flexibility index (Phi) is 5.65. The van der Waals surface area contributed by atoms with Gasteiger partial charge in [-0.25, -0.2) is 4.57 Å². The van der Waals surface area contributed by atoms with Crippen LogP contribution in [0, 0.1) is 6.92 Å². The zero-order chi connectivity index (χ0) is 21.3. The number of methoxy groups -OCH3 is 1. The van der Waals surface area contributed by atoms with E-state index in [0.717, 1.165) is 18.4 Å². The summed E-state index contributed by atoms with van der Waals surface area (Å²) in [7, 11) is 1.58. The number of nitrogens with zero attached hydrogens (tertiary/aromatic N) is 3. The van der Waals surface area contributed by atoms with Gasteiger partial charge < -0.3 is 20.5 Å². The summed E-state index contributed by atoms with van der Waals surface area (Å²) >= 11 is 0. The highest BCUT2D eigenvalue weighted by Crippen LogP contribution is 2.16. The van der Waals surface area contributed by atoms with E-state index in [-0.39, 0.29) is 29.0 Å². The molecule has 9 nitrogen and oxygen atoms in total. The molecular weight excluding hydrogens is 386 g/mol. The van der Waals surface area contributed by atoms with Crippen molar-refractivity contribution in [3.8, 4) is 0 Å². The highest BCUT2D eigenvalue weighted by Gasteiger charge is 2.25. The first kappa shape index (κ1) is 20.2. The number of nitrogens with one attached hydrogen (secondary N) is 1. The molecule has 3 aromatic heterocycles. The number of hydrogen-bond acceptors (Lipinski definition) is 6. The molecule has 1 atom stereocenters. The molecule has 1 aliphatic rings. The van der Waals surface area contributed by atoms with E-state index in [1.807, 2.05) is 13.0 Å². The van der Waals surface area contributed by atoms with Gasteiger partial charge in [0.15, 0.2) is 0 Å². The summed E-state index contributed by atoms with van der Waals surface area (Å²) in [5.74, 6) is -0.0995. The van der Waals surface area contributed by atoms with Crippen molar-refractivity contribution in [3.63, 3.8) is 0 Å². The normalized spacial score (nSPS) is 16.4. The number of carbonyl (C=O) groups is 1. The molecule has 0 spiro atoms. The van der Waals surface area contributed by atoms with Crippen LogP contribution in [0.25, 0.3) is 16.7 Å². The third-order valence-electron chi connectivity index (χ3n) is 5.37. The monoisotopic (exact) mass is 412 g/mol. The van der Waals surface area contributed by atoms with E-state index in [4.69, 9.17) is 15.2 Å². The molecule has 0 saturated carbocycles. The van der Waals surface area contributed by atoms with Crippen molar-refractivity contribution < 1.29 is 18.8 Å². The molecule has 3 N–H and O–H groups in total. The number of amides is 1. The van der Waals surface area contributed by atoms with Crippen LogP contribution in [0.2, 0.25) is 0 Å². The van der Waals surface area contributed by atoms with Crippen molar-refractivity contribution in [2.24, 2.45) is 0 Å². The van der Waals surface area contributed by atoms with E-state index in [1.165, 1.54) is 10.5 Å². The molecule has 1 aliphatic heterocycles. The SMILES string of the molecule is COCC[n+]1c(N)c(C(=O)NC[C@@H]2CCCO2)cc2c(=O)n3cc(C)ccc3nc21. The van der Waals surface area contributed by atoms with Crippen LogP contribution >= 0.6 is 0 Å². The highest BCUT2D eigenvalue weighted by atomic mass is 16.5. The second-order valence-electron chi connectivity index (χ2n) is 7.52. The van der Waals surface area contributed by atoms with Gasteiger partial charge in [-0.1, -0.05) is 11.1 Å². The van der Waals surface area contributed by atoms with Crippen LogP contribution in [0.4, 0.5) is 5.82 Å². The van der Waals surface area contributed by atoms with Crippen LogP contribution < -0.4 is 21.2 Å². The maximum Gasteiger partial charge on any atom is 0.278 e. The lowest BCUT2D eigenvalue weighted by Crippen LogP contribution is -2.44. The summed E-state index contributed by atoms with van der Waals surface area (Å²) in [6.07, 6.45) is 3.65. The number of anilines is 1. The average Bonchev–Trinajstić information content (AvgIpc) is 3.26. The number of pyridine rings is 2. The third-order valence-corrected chi connectivity index (χ3v) is 5.37. The topological polar surface area (TPSA) is 112 Å². The van der Waals surface area contributed by atoms with Gasteiger partial charge in [0.25, 0.3) is 17.1 Å². The standard InChI is InChI=1S/C21H25N5O4/c1-13-5-6-17-24-19-16(21(28)26(17)12-13)10-15(18(22)25(19)7-9-29-2)20(27)23-11-14-4-3-8-30-14/h5-6,10,12,14,22H,3-4,7-9,11H2,1-2H3,(H,23,27)/p+1/t14-/m0/s1. The van der Waals surface area contributed by atoms with Gasteiger partial charge in [0.05, 0.1) is 19.3 Å². The second kappa shape index (κ2) is 8.37. The van der Waals surface area contributed by atoms with Gasteiger partial charge in [0.2, 0.25) is 11.5 Å². The molecule has 30 heavy (non-hydrogen) atoms. The Hall–Kier alpha value is -3.04. The van der Waals surface area contributed by atoms with Crippen LogP contribution in [0.15, 0.2) is 29.2 Å². The molecule has 0 unspecified atom stereocenters. The van der Waals surface area contributed by atoms with Crippen molar-refractivity contribution in [1.82, 2.24) is 14.7 Å². The van der Waals surface area contributed by atoms with E-state index in [0.29, 0.717) is 43.0 Å². The summed E-state index contributed by atoms with van der Waals surface area (Å²) in [5, 5.41) is 3.20. The molecule has 4 heterocycles. The summed E-state index contributed by atoms with van der Waals surface area (Å²) in [6.45, 7) is 3.75. The van der Waals surface area contributed by atoms with Crippen molar-refractivity contribution in [2.75, 3.05) is 32.6 Å². The van der Waals surface area contributed by atoms with Gasteiger partial charge >= 0.3 is 0 Å². The summed E-state index contributed by atoms with van der Waals surface area (Å²) < 4.78 is 13.9. The first-order chi connectivity index (χ1) is 14.5. The Morgan fingerprint density at radius 2 is 2.30 bits per heavy atom. The fraction of sp³-hybridized carbons (Fsp3) is 0.429. The van der Waals surface area contributed by atoms with Crippen molar-refractivity contribution in [1.29, 1.82) is 0 Å². The zero-order valence-electron chi connectivity index (χ0n) is 17.2. The Bertz CT molecular complexity index is 1170. The molecule has 0 radical (unpaired) electrons. The van der Waals surface area contributed by atoms with E-state index in [1.54, 1.807) is 23.9 Å². The second-order valence-corrected chi connectivity index (χ2v) is 7.52. The molecule has 1 amide bonds. The van der Waals surface area contributed by atoms with Crippen molar-refractivity contribution >= 4 is 28.4 Å². The van der Waals surface area contributed by atoms with Crippen LogP contribution in [-0.2, 0) is 16.0 Å². The van der Waals surface area contributed by atoms with Crippen LogP contribution in [0.3, 0.4) is 0 Å². The van der Waals surface area contributed by atoms with E-state index >= 15 is 0 Å². The minimum Gasteiger partial charge on any atom is -0.381 e. The molecule has 9 heteroatoms. The van der Waals surface area contributed by atoms with Gasteiger partial charge in [-0.2, -0.15) is 0 Å². The smallest absolute Gasteiger partial charge is 0.278 e. The van der Waals surface area contributed by atoms with Gasteiger partial charge in [0, 0.05) is 26.5 Å². The maximum atomic E-state index is 13.2. The first-order valence-electron chi connectivity index (χ1n) is 10.0. The van der Waals surface area contributed by atoms with Gasteiger partial charge in [-0.15, -0.1) is 0 Å². The Morgan fingerprint density at radius 1 is 1.47 bits per heavy atom. The zero-order valence-corrected chi connectivity index (χ0v) is 17.2. The van der Waals surface area contributed by atoms with Crippen LogP contribution in [0.1, 0.15) is 28.8 Å². The number of rotatable bonds is 6. The first-order valence-corrected chi connectivity index (χ1v) is 10.0. The molecule has 3 aromatic rings. The number of fused-ring (bicyclic) bond motifs is 2. The Labute approximate surface area is 173 Å². The number of carbonyl (C=O) groups excluding carboxylic acids is 1. The van der Waals surface area contributed by atoms with E-state index in [9.17, 15) is 9.59 Å². The van der Waals surface area contributed by atoms with E-state index in [2.05, 4.69) is 10.3 Å². The summed E-state index contributed by atoms with van der Waals surface area (Å²) in [4.78, 5) is 30.7. The van der Waals surface area contributed by atoms with Gasteiger partial charge in [-0.3, -0.25) is 14.0 Å². The summed E-state index contributed by atoms with van der Waals surface area (Å²) in [6, 6.07) is 5.21. The number of aromatic nitrogens is 3. The molecular formula is C21H26N5O4+. The molecule has 4 rings (SSSR count). The van der Waals surface area contributed by atoms with E-state index < -0.39 is 0 Å². The largest absolute Gasteiger partial charge is 0.381 e. The Morgan fingerprint density at radius 3 is 3.03 bits per heavy atom. The Balaban J connectivity index is 1.84. The maximum absolute atomic E-state index is 13.2. The van der Waals surface area contributed by atoms with Crippen molar-refractivity contribution in [2.45, 2.75) is 32.4 Å². The fourth-order valence-corrected chi connectivity index (χ4v) is 3.75. The average molecular weight is 412 g/mol. The van der Waals surface area contributed by atoms with Gasteiger partial charge in [0.1, 0.15) is 10.9 Å². The molecule has 158 valence electrons. The number of aryl methyl sites for hydroxylation is 1. The molecule has 0 aliphatic carbocycles. The number of nitrogens with two attached hydrogens (primary N) is 1. The molecule has 1 fully saturated rings. The lowest BCUT2D eigenvalue weighted by atomic mass is 10.1. The quantitative estimate of drug-likeness (QED) is 0.453. The summed E-state index contributed by atoms with van der Waals surface area (Å²) in [5.41, 5.74) is 8.22. The number of ether oxygens (including phenoxy) is 2. The lowest BCUT2D eigenvalue weighted by molar-refractivity contribution is -0.660. The predicted molar refractivity (Wildman–Crippen MR) is 111 cm³/mol. The lowest BCUT2D eigenvalue weighted by Gasteiger charge is -2.14. The highest BCUT2D eigenvalue weighted by molar-refractivity contribution is 6.00. The molecule has 0 bridgehead atoms. The van der Waals surface area contributed by atoms with Crippen LogP contribution in [0.5, 0.6) is 0 Å². The van der Waals surface area contributed by atoms with Gasteiger partial charge in [-0.05, 0) is 37.5 Å². The van der Waals surface area contributed by atoms with Crippen LogP contribution in [-0.4, -0.2) is 48.3 Å². The minimum atomic E-state index is -0.343. The number of nitrogen functional groups attached to an aromatic ring is 1. The fourth-order valence-electron chi connectivity index (χ4n) is 3.75. The molecule has 0 aromatic carbocycles. The minimum absolute atomic E-state index is 0.00968. The molecule has 1 saturated heterocycles. The number of hydrogen-bond donors (Lipinski definition) is 2. The predicted octanol–water partition coefficient (Wildman–Crippen LogP) is 0.581. The third kappa shape index (κ3) is 3.73. The van der Waals surface area contributed by atoms with Crippen molar-refractivity contribution in [3.05, 3.63) is 45.9 Å².